The summed E-state index contributed by atoms with van der Waals surface area (Å²) in [5.41, 5.74) is 1.42. The number of benzene rings is 1. The molecule has 1 aliphatic rings. The minimum Gasteiger partial charge on any atom is -0.382 e. The van der Waals surface area contributed by atoms with Crippen LogP contribution < -0.4 is 5.32 Å². The van der Waals surface area contributed by atoms with Crippen LogP contribution in [0.2, 0.25) is 0 Å². The molecule has 21 heavy (non-hydrogen) atoms. The van der Waals surface area contributed by atoms with Gasteiger partial charge in [0.25, 0.3) is 0 Å². The molecule has 1 N–H and O–H groups in total. The number of amides is 1. The molecular formula is C17H25NO3. The van der Waals surface area contributed by atoms with E-state index in [0.717, 1.165) is 25.7 Å². The van der Waals surface area contributed by atoms with Crippen LogP contribution in [0.1, 0.15) is 37.2 Å². The summed E-state index contributed by atoms with van der Waals surface area (Å²) in [6.07, 6.45) is 4.37. The molecule has 0 bridgehead atoms. The highest BCUT2D eigenvalue weighted by molar-refractivity contribution is 5.77. The fraction of sp³-hybridized carbons (Fsp3) is 0.588. The number of ether oxygens (including phenoxy) is 2. The first kappa shape index (κ1) is 16.0. The van der Waals surface area contributed by atoms with E-state index in [0.29, 0.717) is 25.2 Å². The maximum absolute atomic E-state index is 11.7. The van der Waals surface area contributed by atoms with E-state index in [4.69, 9.17) is 9.47 Å². The Morgan fingerprint density at radius 1 is 1.14 bits per heavy atom. The van der Waals surface area contributed by atoms with Gasteiger partial charge in [-0.2, -0.15) is 0 Å². The van der Waals surface area contributed by atoms with Gasteiger partial charge in [0.2, 0.25) is 5.91 Å². The molecule has 0 spiro atoms. The zero-order chi connectivity index (χ0) is 14.9. The van der Waals surface area contributed by atoms with Crippen molar-refractivity contribution in [2.75, 3.05) is 26.9 Å². The standard InChI is InChI=1S/C17H25NO3/c1-20-11-12-21-13-17(19)18-16-9-7-15(8-10-16)14-5-3-2-4-6-14/h2-6,15-16H,7-13H2,1H3,(H,18,19). The molecule has 1 aromatic rings. The molecule has 2 rings (SSSR count). The lowest BCUT2D eigenvalue weighted by atomic mass is 9.82. The molecule has 0 saturated heterocycles. The maximum Gasteiger partial charge on any atom is 0.246 e. The fourth-order valence-electron chi connectivity index (χ4n) is 2.87. The largest absolute Gasteiger partial charge is 0.382 e. The van der Waals surface area contributed by atoms with Crippen molar-refractivity contribution in [3.63, 3.8) is 0 Å². The summed E-state index contributed by atoms with van der Waals surface area (Å²) in [7, 11) is 1.62. The molecule has 0 radical (unpaired) electrons. The Balaban J connectivity index is 1.66. The average molecular weight is 291 g/mol. The molecule has 1 saturated carbocycles. The molecular weight excluding hydrogens is 266 g/mol. The van der Waals surface area contributed by atoms with Gasteiger partial charge in [-0.3, -0.25) is 4.79 Å². The zero-order valence-corrected chi connectivity index (χ0v) is 12.7. The van der Waals surface area contributed by atoms with Crippen molar-refractivity contribution in [2.45, 2.75) is 37.6 Å². The van der Waals surface area contributed by atoms with Crippen molar-refractivity contribution in [1.29, 1.82) is 0 Å². The van der Waals surface area contributed by atoms with E-state index < -0.39 is 0 Å². The van der Waals surface area contributed by atoms with Crippen LogP contribution in [0.4, 0.5) is 0 Å². The van der Waals surface area contributed by atoms with Gasteiger partial charge in [0.15, 0.2) is 0 Å². The van der Waals surface area contributed by atoms with Gasteiger partial charge in [-0.1, -0.05) is 30.3 Å². The third kappa shape index (κ3) is 5.48. The second-order valence-electron chi connectivity index (χ2n) is 5.57. The summed E-state index contributed by atoms with van der Waals surface area (Å²) in [6.45, 7) is 1.11. The van der Waals surface area contributed by atoms with Crippen LogP contribution in [0, 0.1) is 0 Å². The first-order valence-electron chi connectivity index (χ1n) is 7.70. The smallest absolute Gasteiger partial charge is 0.246 e. The SMILES string of the molecule is COCCOCC(=O)NC1CCC(c2ccccc2)CC1. The van der Waals surface area contributed by atoms with E-state index in [-0.39, 0.29) is 12.5 Å². The van der Waals surface area contributed by atoms with Crippen molar-refractivity contribution in [3.8, 4) is 0 Å². The Morgan fingerprint density at radius 2 is 1.86 bits per heavy atom. The van der Waals surface area contributed by atoms with E-state index in [9.17, 15) is 4.79 Å². The zero-order valence-electron chi connectivity index (χ0n) is 12.7. The molecule has 1 amide bonds. The molecule has 4 heteroatoms. The van der Waals surface area contributed by atoms with E-state index in [1.54, 1.807) is 7.11 Å². The quantitative estimate of drug-likeness (QED) is 0.785. The lowest BCUT2D eigenvalue weighted by molar-refractivity contribution is -0.127. The highest BCUT2D eigenvalue weighted by Crippen LogP contribution is 2.32. The number of rotatable bonds is 7. The number of methoxy groups -OCH3 is 1. The molecule has 1 fully saturated rings. The molecule has 4 nitrogen and oxygen atoms in total. The highest BCUT2D eigenvalue weighted by atomic mass is 16.5. The highest BCUT2D eigenvalue weighted by Gasteiger charge is 2.23. The van der Waals surface area contributed by atoms with Crippen molar-refractivity contribution >= 4 is 5.91 Å². The van der Waals surface area contributed by atoms with Gasteiger partial charge >= 0.3 is 0 Å². The molecule has 1 aliphatic carbocycles. The van der Waals surface area contributed by atoms with Crippen LogP contribution in [0.5, 0.6) is 0 Å². The topological polar surface area (TPSA) is 47.6 Å². The Labute approximate surface area is 126 Å². The monoisotopic (exact) mass is 291 g/mol. The Bertz CT molecular complexity index is 413. The number of carbonyl (C=O) groups is 1. The van der Waals surface area contributed by atoms with Gasteiger partial charge < -0.3 is 14.8 Å². The van der Waals surface area contributed by atoms with Crippen LogP contribution in [-0.4, -0.2) is 38.9 Å². The summed E-state index contributed by atoms with van der Waals surface area (Å²) < 4.78 is 10.1. The van der Waals surface area contributed by atoms with Crippen LogP contribution in [-0.2, 0) is 14.3 Å². The summed E-state index contributed by atoms with van der Waals surface area (Å²) >= 11 is 0. The minimum atomic E-state index is -0.0192. The first-order valence-corrected chi connectivity index (χ1v) is 7.70. The molecule has 1 aromatic carbocycles. The van der Waals surface area contributed by atoms with Crippen LogP contribution in [0.15, 0.2) is 30.3 Å². The van der Waals surface area contributed by atoms with E-state index in [2.05, 4.69) is 35.6 Å². The molecule has 0 atom stereocenters. The maximum atomic E-state index is 11.7. The van der Waals surface area contributed by atoms with Crippen LogP contribution in [0.3, 0.4) is 0 Å². The predicted octanol–water partition coefficient (Wildman–Crippen LogP) is 2.49. The number of nitrogens with one attached hydrogen (secondary N) is 1. The van der Waals surface area contributed by atoms with Gasteiger partial charge in [0.1, 0.15) is 6.61 Å². The van der Waals surface area contributed by atoms with Crippen molar-refractivity contribution in [3.05, 3.63) is 35.9 Å². The van der Waals surface area contributed by atoms with E-state index in [1.165, 1.54) is 5.56 Å². The molecule has 0 aromatic heterocycles. The van der Waals surface area contributed by atoms with E-state index in [1.807, 2.05) is 0 Å². The van der Waals surface area contributed by atoms with Crippen LogP contribution in [0.25, 0.3) is 0 Å². The normalized spacial score (nSPS) is 22.0. The van der Waals surface area contributed by atoms with Gasteiger partial charge in [0, 0.05) is 13.2 Å². The third-order valence-corrected chi connectivity index (χ3v) is 4.03. The predicted molar refractivity (Wildman–Crippen MR) is 82.3 cm³/mol. The molecule has 0 unspecified atom stereocenters. The third-order valence-electron chi connectivity index (χ3n) is 4.03. The minimum absolute atomic E-state index is 0.0192. The first-order chi connectivity index (χ1) is 10.3. The fourth-order valence-corrected chi connectivity index (χ4v) is 2.87. The lowest BCUT2D eigenvalue weighted by Crippen LogP contribution is -2.39. The van der Waals surface area contributed by atoms with Gasteiger partial charge in [-0.25, -0.2) is 0 Å². The van der Waals surface area contributed by atoms with Crippen molar-refractivity contribution in [1.82, 2.24) is 5.32 Å². The van der Waals surface area contributed by atoms with Crippen molar-refractivity contribution in [2.24, 2.45) is 0 Å². The van der Waals surface area contributed by atoms with Crippen molar-refractivity contribution < 1.29 is 14.3 Å². The van der Waals surface area contributed by atoms with Gasteiger partial charge in [-0.05, 0) is 37.2 Å². The second kappa shape index (κ2) is 8.80. The molecule has 0 heterocycles. The van der Waals surface area contributed by atoms with Gasteiger partial charge in [0.05, 0.1) is 13.2 Å². The second-order valence-corrected chi connectivity index (χ2v) is 5.57. The Hall–Kier alpha value is -1.39. The number of hydrogen-bond donors (Lipinski definition) is 1. The summed E-state index contributed by atoms with van der Waals surface area (Å²) in [5, 5.41) is 3.06. The summed E-state index contributed by atoms with van der Waals surface area (Å²) in [5.74, 6) is 0.617. The van der Waals surface area contributed by atoms with E-state index >= 15 is 0 Å². The number of hydrogen-bond acceptors (Lipinski definition) is 3. The average Bonchev–Trinajstić information content (AvgIpc) is 2.53. The summed E-state index contributed by atoms with van der Waals surface area (Å²) in [6, 6.07) is 10.9. The Kier molecular flexibility index (Phi) is 6.70. The Morgan fingerprint density at radius 3 is 2.52 bits per heavy atom. The molecule has 0 aliphatic heterocycles. The van der Waals surface area contributed by atoms with Crippen LogP contribution >= 0.6 is 0 Å². The lowest BCUT2D eigenvalue weighted by Gasteiger charge is -2.29. The molecule has 116 valence electrons. The summed E-state index contributed by atoms with van der Waals surface area (Å²) in [4.78, 5) is 11.7. The van der Waals surface area contributed by atoms with Gasteiger partial charge in [-0.15, -0.1) is 0 Å². The number of carbonyl (C=O) groups excluding carboxylic acids is 1.